The minimum Gasteiger partial charge on any atom is -0.395 e. The second-order valence-corrected chi connectivity index (χ2v) is 2.30. The molecule has 0 bridgehead atoms. The molecule has 0 unspecified atom stereocenters. The van der Waals surface area contributed by atoms with Crippen molar-refractivity contribution >= 4 is 26.3 Å². The Kier molecular flexibility index (Phi) is 1.29. The molecule has 0 amide bonds. The van der Waals surface area contributed by atoms with Crippen LogP contribution in [0.25, 0.3) is 0 Å². The van der Waals surface area contributed by atoms with Crippen LogP contribution in [-0.4, -0.2) is 10.3 Å². The predicted molar refractivity (Wildman–Crippen MR) is 32.0 cm³/mol. The molecule has 0 spiro atoms. The van der Waals surface area contributed by atoms with Crippen molar-refractivity contribution in [1.29, 1.82) is 0 Å². The molecule has 6 heavy (non-hydrogen) atoms. The predicted octanol–water partition coefficient (Wildman–Crippen LogP) is 1.16. The standard InChI is InChI=1S/C3H4INO/c4-3-1-2-6-5-3/h1-2H2. The van der Waals surface area contributed by atoms with Gasteiger partial charge >= 0.3 is 0 Å². The highest BCUT2D eigenvalue weighted by atomic mass is 127. The van der Waals surface area contributed by atoms with Crippen LogP contribution in [0.4, 0.5) is 0 Å². The molecule has 0 radical (unpaired) electrons. The third-order valence-corrected chi connectivity index (χ3v) is 1.30. The van der Waals surface area contributed by atoms with Gasteiger partial charge in [0.1, 0.15) is 10.3 Å². The first-order valence-corrected chi connectivity index (χ1v) is 2.82. The van der Waals surface area contributed by atoms with E-state index in [9.17, 15) is 0 Å². The zero-order valence-electron chi connectivity index (χ0n) is 3.15. The van der Waals surface area contributed by atoms with E-state index in [1.165, 1.54) is 0 Å². The van der Waals surface area contributed by atoms with Crippen LogP contribution in [0.5, 0.6) is 0 Å². The lowest BCUT2D eigenvalue weighted by Gasteiger charge is -1.75. The second kappa shape index (κ2) is 1.77. The zero-order valence-corrected chi connectivity index (χ0v) is 5.31. The van der Waals surface area contributed by atoms with Gasteiger partial charge in [-0.25, -0.2) is 0 Å². The summed E-state index contributed by atoms with van der Waals surface area (Å²) in [6, 6.07) is 0. The monoisotopic (exact) mass is 197 g/mol. The van der Waals surface area contributed by atoms with Crippen molar-refractivity contribution in [3.05, 3.63) is 0 Å². The van der Waals surface area contributed by atoms with Crippen molar-refractivity contribution in [2.24, 2.45) is 5.16 Å². The van der Waals surface area contributed by atoms with Crippen LogP contribution in [0.2, 0.25) is 0 Å². The molecule has 1 heterocycles. The van der Waals surface area contributed by atoms with Gasteiger partial charge in [0.2, 0.25) is 0 Å². The molecular formula is C3H4INO. The van der Waals surface area contributed by atoms with Crippen molar-refractivity contribution in [3.63, 3.8) is 0 Å². The maximum Gasteiger partial charge on any atom is 0.123 e. The van der Waals surface area contributed by atoms with E-state index >= 15 is 0 Å². The molecule has 3 heteroatoms. The van der Waals surface area contributed by atoms with Crippen LogP contribution in [-0.2, 0) is 4.84 Å². The number of rotatable bonds is 0. The van der Waals surface area contributed by atoms with Crippen molar-refractivity contribution in [2.45, 2.75) is 6.42 Å². The number of halogens is 1. The van der Waals surface area contributed by atoms with Crippen LogP contribution >= 0.6 is 22.6 Å². The number of hydrogen-bond donors (Lipinski definition) is 0. The molecule has 0 aromatic heterocycles. The number of hydrogen-bond acceptors (Lipinski definition) is 2. The summed E-state index contributed by atoms with van der Waals surface area (Å²) in [5.41, 5.74) is 0. The summed E-state index contributed by atoms with van der Waals surface area (Å²) < 4.78 is 1.08. The molecule has 0 fully saturated rings. The lowest BCUT2D eigenvalue weighted by Crippen LogP contribution is -1.77. The number of oxime groups is 1. The van der Waals surface area contributed by atoms with Crippen molar-refractivity contribution in [2.75, 3.05) is 6.61 Å². The average Bonchev–Trinajstić information content (AvgIpc) is 1.86. The van der Waals surface area contributed by atoms with E-state index in [4.69, 9.17) is 0 Å². The molecule has 0 atom stereocenters. The number of nitrogens with zero attached hydrogens (tertiary/aromatic N) is 1. The molecule has 1 aliphatic heterocycles. The lowest BCUT2D eigenvalue weighted by atomic mass is 10.5. The van der Waals surface area contributed by atoms with Gasteiger partial charge in [0.25, 0.3) is 0 Å². The van der Waals surface area contributed by atoms with Crippen LogP contribution in [0.1, 0.15) is 6.42 Å². The summed E-state index contributed by atoms with van der Waals surface area (Å²) in [6.45, 7) is 0.776. The maximum absolute atomic E-state index is 4.64. The summed E-state index contributed by atoms with van der Waals surface area (Å²) in [5, 5.41) is 3.64. The summed E-state index contributed by atoms with van der Waals surface area (Å²) in [4.78, 5) is 4.64. The van der Waals surface area contributed by atoms with Gasteiger partial charge in [-0.1, -0.05) is 5.16 Å². The first-order chi connectivity index (χ1) is 2.89. The van der Waals surface area contributed by atoms with E-state index in [0.717, 1.165) is 16.7 Å². The Hall–Kier alpha value is 0.200. The van der Waals surface area contributed by atoms with E-state index < -0.39 is 0 Å². The topological polar surface area (TPSA) is 21.6 Å². The Balaban J connectivity index is 2.45. The van der Waals surface area contributed by atoms with Crippen LogP contribution in [0.3, 0.4) is 0 Å². The van der Waals surface area contributed by atoms with E-state index in [1.54, 1.807) is 0 Å². The van der Waals surface area contributed by atoms with Crippen LogP contribution < -0.4 is 0 Å². The fraction of sp³-hybridized carbons (Fsp3) is 0.667. The minimum absolute atomic E-state index is 0.776. The van der Waals surface area contributed by atoms with E-state index in [-0.39, 0.29) is 0 Å². The molecule has 1 aliphatic rings. The van der Waals surface area contributed by atoms with Crippen molar-refractivity contribution in [1.82, 2.24) is 0 Å². The van der Waals surface area contributed by atoms with Gasteiger partial charge in [-0.05, 0) is 22.6 Å². The fourth-order valence-electron chi connectivity index (χ4n) is 0.291. The highest BCUT2D eigenvalue weighted by molar-refractivity contribution is 14.1. The van der Waals surface area contributed by atoms with E-state index in [2.05, 4.69) is 32.6 Å². The first-order valence-electron chi connectivity index (χ1n) is 1.74. The molecule has 0 N–H and O–H groups in total. The van der Waals surface area contributed by atoms with Gasteiger partial charge in [0, 0.05) is 6.42 Å². The van der Waals surface area contributed by atoms with Gasteiger partial charge in [0.05, 0.1) is 0 Å². The normalized spacial score (nSPS) is 19.8. The lowest BCUT2D eigenvalue weighted by molar-refractivity contribution is 0.174. The molecule has 0 saturated heterocycles. The highest BCUT2D eigenvalue weighted by Crippen LogP contribution is 2.04. The van der Waals surface area contributed by atoms with Gasteiger partial charge in [0.15, 0.2) is 0 Å². The first kappa shape index (κ1) is 4.36. The van der Waals surface area contributed by atoms with Gasteiger partial charge in [-0.15, -0.1) is 0 Å². The van der Waals surface area contributed by atoms with Gasteiger partial charge in [-0.3, -0.25) is 0 Å². The molecular weight excluding hydrogens is 193 g/mol. The molecule has 2 nitrogen and oxygen atoms in total. The van der Waals surface area contributed by atoms with Crippen molar-refractivity contribution in [3.8, 4) is 0 Å². The molecule has 0 aliphatic carbocycles. The molecule has 34 valence electrons. The fourth-order valence-corrected chi connectivity index (χ4v) is 0.651. The Bertz CT molecular complexity index is 80.9. The summed E-state index contributed by atoms with van der Waals surface area (Å²) in [6.07, 6.45) is 1.00. The molecule has 0 aromatic carbocycles. The minimum atomic E-state index is 0.776. The summed E-state index contributed by atoms with van der Waals surface area (Å²) >= 11 is 2.16. The average molecular weight is 197 g/mol. The van der Waals surface area contributed by atoms with Crippen LogP contribution in [0.15, 0.2) is 5.16 Å². The Morgan fingerprint density at radius 2 is 2.67 bits per heavy atom. The van der Waals surface area contributed by atoms with Crippen LogP contribution in [0, 0.1) is 0 Å². The zero-order chi connectivity index (χ0) is 4.41. The Morgan fingerprint density at radius 1 is 1.83 bits per heavy atom. The van der Waals surface area contributed by atoms with E-state index in [1.807, 2.05) is 0 Å². The van der Waals surface area contributed by atoms with Gasteiger partial charge in [-0.2, -0.15) is 0 Å². The SMILES string of the molecule is IC1=NOCC1. The third-order valence-electron chi connectivity index (χ3n) is 0.563. The molecule has 0 aromatic rings. The summed E-state index contributed by atoms with van der Waals surface area (Å²) in [5.74, 6) is 0. The highest BCUT2D eigenvalue weighted by Gasteiger charge is 2.00. The Morgan fingerprint density at radius 3 is 2.83 bits per heavy atom. The third kappa shape index (κ3) is 0.830. The van der Waals surface area contributed by atoms with Gasteiger partial charge < -0.3 is 4.84 Å². The van der Waals surface area contributed by atoms with E-state index in [0.29, 0.717) is 0 Å². The molecule has 0 saturated carbocycles. The largest absolute Gasteiger partial charge is 0.395 e. The maximum atomic E-state index is 4.64. The van der Waals surface area contributed by atoms with Crippen molar-refractivity contribution < 1.29 is 4.84 Å². The smallest absolute Gasteiger partial charge is 0.123 e. The summed E-state index contributed by atoms with van der Waals surface area (Å²) in [7, 11) is 0. The quantitative estimate of drug-likeness (QED) is 0.534. The second-order valence-electron chi connectivity index (χ2n) is 1.05. The Labute approximate surface area is 49.7 Å². The molecule has 1 rings (SSSR count).